The maximum atomic E-state index is 12.4. The lowest BCUT2D eigenvalue weighted by Gasteiger charge is -2.09. The number of hydrogen-bond acceptors (Lipinski definition) is 3. The van der Waals surface area contributed by atoms with E-state index in [2.05, 4.69) is 34.8 Å². The zero-order valence-corrected chi connectivity index (χ0v) is 18.5. The van der Waals surface area contributed by atoms with Gasteiger partial charge in [-0.1, -0.05) is 54.6 Å². The number of aromatic nitrogens is 1. The van der Waals surface area contributed by atoms with E-state index in [1.165, 1.54) is 10.8 Å². The second-order valence-electron chi connectivity index (χ2n) is 7.84. The van der Waals surface area contributed by atoms with Crippen LogP contribution >= 0.6 is 0 Å². The quantitative estimate of drug-likeness (QED) is 0.248. The van der Waals surface area contributed by atoms with E-state index in [0.717, 1.165) is 22.6 Å². The van der Waals surface area contributed by atoms with Crippen LogP contribution in [0, 0.1) is 0 Å². The van der Waals surface area contributed by atoms with Crippen LogP contribution in [0.3, 0.4) is 0 Å². The van der Waals surface area contributed by atoms with Crippen LogP contribution in [-0.2, 0) is 6.61 Å². The molecular weight excluding hydrogens is 422 g/mol. The van der Waals surface area contributed by atoms with Crippen molar-refractivity contribution in [1.29, 1.82) is 0 Å². The van der Waals surface area contributed by atoms with Gasteiger partial charge >= 0.3 is 0 Å². The van der Waals surface area contributed by atoms with Gasteiger partial charge in [-0.25, -0.2) is 5.43 Å². The van der Waals surface area contributed by atoms with Gasteiger partial charge in [0, 0.05) is 23.6 Å². The number of hydrazone groups is 1. The SMILES string of the molecule is O=C(N/N=C/c1cccc(OCc2cccc3ccccc23)c1)c1ccc(-n2cccc2)cc1. The Bertz CT molecular complexity index is 1430. The van der Waals surface area contributed by atoms with Crippen LogP contribution in [0.15, 0.2) is 121 Å². The van der Waals surface area contributed by atoms with Gasteiger partial charge < -0.3 is 9.30 Å². The van der Waals surface area contributed by atoms with Gasteiger partial charge in [-0.05, 0) is 70.4 Å². The molecule has 0 aliphatic heterocycles. The number of fused-ring (bicyclic) bond motifs is 1. The topological polar surface area (TPSA) is 55.6 Å². The van der Waals surface area contributed by atoms with Gasteiger partial charge in [0.15, 0.2) is 0 Å². The van der Waals surface area contributed by atoms with Crippen molar-refractivity contribution in [2.75, 3.05) is 0 Å². The lowest BCUT2D eigenvalue weighted by atomic mass is 10.1. The summed E-state index contributed by atoms with van der Waals surface area (Å²) >= 11 is 0. The van der Waals surface area contributed by atoms with Gasteiger partial charge in [0.2, 0.25) is 0 Å². The number of ether oxygens (including phenoxy) is 1. The Balaban J connectivity index is 1.20. The molecule has 4 aromatic carbocycles. The van der Waals surface area contributed by atoms with E-state index < -0.39 is 0 Å². The van der Waals surface area contributed by atoms with Gasteiger partial charge in [0.05, 0.1) is 6.21 Å². The average Bonchev–Trinajstić information content (AvgIpc) is 3.43. The predicted molar refractivity (Wildman–Crippen MR) is 136 cm³/mol. The first-order valence-electron chi connectivity index (χ1n) is 11.0. The number of benzene rings is 4. The highest BCUT2D eigenvalue weighted by molar-refractivity contribution is 5.95. The van der Waals surface area contributed by atoms with Crippen molar-refractivity contribution in [3.8, 4) is 11.4 Å². The number of amides is 1. The van der Waals surface area contributed by atoms with E-state index in [1.54, 1.807) is 18.3 Å². The van der Waals surface area contributed by atoms with Crippen LogP contribution in [0.25, 0.3) is 16.5 Å². The molecule has 0 unspecified atom stereocenters. The van der Waals surface area contributed by atoms with Crippen LogP contribution in [0.1, 0.15) is 21.5 Å². The molecule has 0 saturated carbocycles. The molecule has 5 rings (SSSR count). The smallest absolute Gasteiger partial charge is 0.271 e. The van der Waals surface area contributed by atoms with E-state index >= 15 is 0 Å². The molecule has 0 aliphatic rings. The number of nitrogens with one attached hydrogen (secondary N) is 1. The highest BCUT2D eigenvalue weighted by Crippen LogP contribution is 2.21. The predicted octanol–water partition coefficient (Wildman–Crippen LogP) is 5.97. The third kappa shape index (κ3) is 4.89. The Morgan fingerprint density at radius 3 is 2.47 bits per heavy atom. The molecule has 166 valence electrons. The molecule has 1 aromatic heterocycles. The maximum absolute atomic E-state index is 12.4. The fourth-order valence-electron chi connectivity index (χ4n) is 3.79. The Morgan fingerprint density at radius 1 is 0.853 bits per heavy atom. The van der Waals surface area contributed by atoms with Crippen molar-refractivity contribution in [1.82, 2.24) is 9.99 Å². The third-order valence-electron chi connectivity index (χ3n) is 5.54. The number of nitrogens with zero attached hydrogens (tertiary/aromatic N) is 2. The average molecular weight is 446 g/mol. The highest BCUT2D eigenvalue weighted by atomic mass is 16.5. The summed E-state index contributed by atoms with van der Waals surface area (Å²) in [6.45, 7) is 0.470. The van der Waals surface area contributed by atoms with Gasteiger partial charge in [-0.3, -0.25) is 4.79 Å². The van der Waals surface area contributed by atoms with E-state index in [1.807, 2.05) is 83.7 Å². The summed E-state index contributed by atoms with van der Waals surface area (Å²) in [5.41, 5.74) is 6.08. The molecular formula is C29H23N3O2. The van der Waals surface area contributed by atoms with Crippen LogP contribution in [0.2, 0.25) is 0 Å². The van der Waals surface area contributed by atoms with Crippen LogP contribution in [0.5, 0.6) is 5.75 Å². The van der Waals surface area contributed by atoms with Gasteiger partial charge in [-0.2, -0.15) is 5.10 Å². The van der Waals surface area contributed by atoms with E-state index in [9.17, 15) is 4.79 Å². The Labute approximate surface area is 197 Å². The van der Waals surface area contributed by atoms with E-state index in [-0.39, 0.29) is 5.91 Å². The van der Waals surface area contributed by atoms with Gasteiger partial charge in [0.25, 0.3) is 5.91 Å². The maximum Gasteiger partial charge on any atom is 0.271 e. The lowest BCUT2D eigenvalue weighted by Crippen LogP contribution is -2.17. The van der Waals surface area contributed by atoms with Gasteiger partial charge in [0.1, 0.15) is 12.4 Å². The zero-order chi connectivity index (χ0) is 23.2. The minimum absolute atomic E-state index is 0.265. The first-order valence-corrected chi connectivity index (χ1v) is 11.0. The van der Waals surface area contributed by atoms with Gasteiger partial charge in [-0.15, -0.1) is 0 Å². The molecule has 5 nitrogen and oxygen atoms in total. The second kappa shape index (κ2) is 9.88. The summed E-state index contributed by atoms with van der Waals surface area (Å²) in [4.78, 5) is 12.4. The Kier molecular flexibility index (Phi) is 6.16. The van der Waals surface area contributed by atoms with E-state index in [0.29, 0.717) is 12.2 Å². The molecule has 1 heterocycles. The monoisotopic (exact) mass is 445 g/mol. The molecule has 5 aromatic rings. The summed E-state index contributed by atoms with van der Waals surface area (Å²) in [7, 11) is 0. The van der Waals surface area contributed by atoms with Crippen molar-refractivity contribution in [2.24, 2.45) is 5.10 Å². The van der Waals surface area contributed by atoms with Crippen molar-refractivity contribution in [3.05, 3.63) is 132 Å². The first kappa shape index (κ1) is 21.2. The molecule has 0 aliphatic carbocycles. The summed E-state index contributed by atoms with van der Waals surface area (Å²) in [6.07, 6.45) is 5.52. The minimum atomic E-state index is -0.265. The molecule has 0 radical (unpaired) electrons. The molecule has 1 amide bonds. The number of hydrogen-bond donors (Lipinski definition) is 1. The summed E-state index contributed by atoms with van der Waals surface area (Å²) < 4.78 is 8.01. The Morgan fingerprint density at radius 2 is 1.62 bits per heavy atom. The molecule has 1 N–H and O–H groups in total. The van der Waals surface area contributed by atoms with Crippen molar-refractivity contribution in [3.63, 3.8) is 0 Å². The fourth-order valence-corrected chi connectivity index (χ4v) is 3.79. The lowest BCUT2D eigenvalue weighted by molar-refractivity contribution is 0.0955. The van der Waals surface area contributed by atoms with Crippen LogP contribution < -0.4 is 10.2 Å². The Hall–Kier alpha value is -4.64. The molecule has 0 spiro atoms. The normalized spacial score (nSPS) is 11.1. The summed E-state index contributed by atoms with van der Waals surface area (Å²) in [5.74, 6) is 0.475. The zero-order valence-electron chi connectivity index (χ0n) is 18.5. The fraction of sp³-hybridized carbons (Fsp3) is 0.0345. The molecule has 0 atom stereocenters. The van der Waals surface area contributed by atoms with Crippen molar-refractivity contribution in [2.45, 2.75) is 6.61 Å². The number of rotatable bonds is 7. The summed E-state index contributed by atoms with van der Waals surface area (Å²) in [6, 6.07) is 33.4. The largest absolute Gasteiger partial charge is 0.489 e. The molecule has 0 fully saturated rings. The summed E-state index contributed by atoms with van der Waals surface area (Å²) in [5, 5.41) is 6.49. The third-order valence-corrected chi connectivity index (χ3v) is 5.54. The number of carbonyl (C=O) groups excluding carboxylic acids is 1. The molecule has 0 bridgehead atoms. The highest BCUT2D eigenvalue weighted by Gasteiger charge is 2.05. The van der Waals surface area contributed by atoms with Crippen molar-refractivity contribution >= 4 is 22.9 Å². The minimum Gasteiger partial charge on any atom is -0.489 e. The first-order chi connectivity index (χ1) is 16.8. The van der Waals surface area contributed by atoms with Crippen LogP contribution in [-0.4, -0.2) is 16.7 Å². The molecule has 5 heteroatoms. The van der Waals surface area contributed by atoms with E-state index in [4.69, 9.17) is 4.74 Å². The van der Waals surface area contributed by atoms with Crippen LogP contribution in [0.4, 0.5) is 0 Å². The standard InChI is InChI=1S/C29H23N3O2/c33-29(24-13-15-26(16-14-24)32-17-3-4-18-32)31-30-20-22-7-5-11-27(19-22)34-21-25-10-6-9-23-8-1-2-12-28(23)25/h1-20H,21H2,(H,31,33)/b30-20+. The second-order valence-corrected chi connectivity index (χ2v) is 7.84. The number of carbonyl (C=O) groups is 1. The van der Waals surface area contributed by atoms with Crippen molar-refractivity contribution < 1.29 is 9.53 Å². The molecule has 34 heavy (non-hydrogen) atoms. The molecule has 0 saturated heterocycles.